The lowest BCUT2D eigenvalue weighted by atomic mass is 9.90. The van der Waals surface area contributed by atoms with Crippen LogP contribution in [-0.2, 0) is 9.59 Å². The van der Waals surface area contributed by atoms with Crippen LogP contribution in [0.5, 0.6) is 0 Å². The minimum Gasteiger partial charge on any atom is -0.274 e. The molecule has 29 heavy (non-hydrogen) atoms. The zero-order valence-electron chi connectivity index (χ0n) is 16.9. The first-order valence-electron chi connectivity index (χ1n) is 10.1. The van der Waals surface area contributed by atoms with Crippen LogP contribution < -0.4 is 4.90 Å². The van der Waals surface area contributed by atoms with E-state index in [1.807, 2.05) is 57.2 Å². The molecule has 0 aromatic heterocycles. The number of hydrogen-bond acceptors (Lipinski definition) is 4. The molecule has 0 radical (unpaired) electrons. The fraction of sp³-hybridized carbons (Fsp3) is 0.391. The maximum Gasteiger partial charge on any atom is 0.253 e. The predicted octanol–water partition coefficient (Wildman–Crippen LogP) is 3.80. The third-order valence-electron chi connectivity index (χ3n) is 6.48. The summed E-state index contributed by atoms with van der Waals surface area (Å²) >= 11 is 6.09. The van der Waals surface area contributed by atoms with E-state index in [4.69, 9.17) is 11.6 Å². The van der Waals surface area contributed by atoms with Gasteiger partial charge < -0.3 is 0 Å². The SMILES string of the molecule is Cc1cc(C)c(N2C(=O)[C@H]3[C@@H](C2=O)N2CCCN2[C@H]3c2ccc(Cl)cc2)c(C)c1. The van der Waals surface area contributed by atoms with Gasteiger partial charge in [-0.3, -0.25) is 9.59 Å². The van der Waals surface area contributed by atoms with Crippen molar-refractivity contribution in [2.75, 3.05) is 18.0 Å². The van der Waals surface area contributed by atoms with Crippen molar-refractivity contribution >= 4 is 29.1 Å². The Balaban J connectivity index is 1.61. The minimum atomic E-state index is -0.425. The molecule has 3 fully saturated rings. The van der Waals surface area contributed by atoms with E-state index in [0.29, 0.717) is 5.02 Å². The van der Waals surface area contributed by atoms with Gasteiger partial charge in [-0.1, -0.05) is 41.4 Å². The van der Waals surface area contributed by atoms with Crippen molar-refractivity contribution in [3.8, 4) is 0 Å². The number of fused-ring (bicyclic) bond motifs is 3. The highest BCUT2D eigenvalue weighted by atomic mass is 35.5. The first-order valence-corrected chi connectivity index (χ1v) is 10.5. The summed E-state index contributed by atoms with van der Waals surface area (Å²) in [4.78, 5) is 28.7. The standard InChI is InChI=1S/C23H24ClN3O2/c1-13-11-14(2)19(15(3)12-13)27-22(28)18-20(16-5-7-17(24)8-6-16)25-9-4-10-26(25)21(18)23(27)29/h5-8,11-12,18,20-21H,4,9-10H2,1-3H3/t18-,20+,21+/m1/s1. The predicted molar refractivity (Wildman–Crippen MR) is 113 cm³/mol. The van der Waals surface area contributed by atoms with Crippen molar-refractivity contribution in [3.63, 3.8) is 0 Å². The molecular formula is C23H24ClN3O2. The lowest BCUT2D eigenvalue weighted by molar-refractivity contribution is -0.126. The number of rotatable bonds is 2. The summed E-state index contributed by atoms with van der Waals surface area (Å²) in [6.45, 7) is 7.66. The molecule has 150 valence electrons. The van der Waals surface area contributed by atoms with Crippen molar-refractivity contribution < 1.29 is 9.59 Å². The second-order valence-electron chi connectivity index (χ2n) is 8.41. The molecule has 0 saturated carbocycles. The van der Waals surface area contributed by atoms with Crippen LogP contribution in [-0.4, -0.2) is 41.0 Å². The van der Waals surface area contributed by atoms with E-state index in [1.165, 1.54) is 4.90 Å². The highest BCUT2D eigenvalue weighted by Gasteiger charge is 2.63. The highest BCUT2D eigenvalue weighted by Crippen LogP contribution is 2.49. The molecule has 5 nitrogen and oxygen atoms in total. The van der Waals surface area contributed by atoms with Crippen LogP contribution in [0, 0.1) is 26.7 Å². The quantitative estimate of drug-likeness (QED) is 0.707. The van der Waals surface area contributed by atoms with E-state index >= 15 is 0 Å². The fourth-order valence-electron chi connectivity index (χ4n) is 5.52. The largest absolute Gasteiger partial charge is 0.274 e. The lowest BCUT2D eigenvalue weighted by Gasteiger charge is -2.30. The lowest BCUT2D eigenvalue weighted by Crippen LogP contribution is -2.44. The molecule has 0 N–H and O–H groups in total. The third kappa shape index (κ3) is 2.68. The maximum atomic E-state index is 13.7. The number of aryl methyl sites for hydroxylation is 3. The number of benzene rings is 2. The van der Waals surface area contributed by atoms with Crippen LogP contribution in [0.3, 0.4) is 0 Å². The van der Waals surface area contributed by atoms with Gasteiger partial charge in [0.15, 0.2) is 0 Å². The van der Waals surface area contributed by atoms with E-state index in [1.54, 1.807) is 0 Å². The van der Waals surface area contributed by atoms with Gasteiger partial charge in [0.05, 0.1) is 17.6 Å². The Morgan fingerprint density at radius 1 is 0.862 bits per heavy atom. The zero-order valence-corrected chi connectivity index (χ0v) is 17.6. The average Bonchev–Trinajstić information content (AvgIpc) is 3.30. The van der Waals surface area contributed by atoms with Gasteiger partial charge in [0.25, 0.3) is 5.91 Å². The topological polar surface area (TPSA) is 43.9 Å². The van der Waals surface area contributed by atoms with E-state index in [2.05, 4.69) is 10.0 Å². The molecule has 0 aliphatic carbocycles. The number of hydrogen-bond donors (Lipinski definition) is 0. The normalized spacial score (nSPS) is 27.0. The Bertz CT molecular complexity index is 996. The number of nitrogens with zero attached hydrogens (tertiary/aromatic N) is 3. The molecule has 3 atom stereocenters. The van der Waals surface area contributed by atoms with E-state index < -0.39 is 12.0 Å². The van der Waals surface area contributed by atoms with Crippen LogP contribution in [0.1, 0.15) is 34.7 Å². The molecule has 2 aromatic carbocycles. The summed E-state index contributed by atoms with van der Waals surface area (Å²) in [5, 5.41) is 5.02. The molecule has 0 unspecified atom stereocenters. The molecule has 6 heteroatoms. The van der Waals surface area contributed by atoms with Gasteiger partial charge in [0, 0.05) is 18.1 Å². The minimum absolute atomic E-state index is 0.0931. The van der Waals surface area contributed by atoms with E-state index in [9.17, 15) is 9.59 Å². The van der Waals surface area contributed by atoms with Crippen LogP contribution in [0.15, 0.2) is 36.4 Å². The Hall–Kier alpha value is -2.21. The van der Waals surface area contributed by atoms with Gasteiger partial charge in [-0.25, -0.2) is 14.9 Å². The number of imide groups is 1. The number of hydrazine groups is 1. The molecule has 2 aromatic rings. The van der Waals surface area contributed by atoms with Crippen LogP contribution in [0.4, 0.5) is 5.69 Å². The van der Waals surface area contributed by atoms with Crippen LogP contribution in [0.25, 0.3) is 0 Å². The van der Waals surface area contributed by atoms with E-state index in [-0.39, 0.29) is 17.9 Å². The summed E-state index contributed by atoms with van der Waals surface area (Å²) in [6.07, 6.45) is 0.997. The number of halogens is 1. The molecule has 2 amide bonds. The number of carbonyl (C=O) groups is 2. The van der Waals surface area contributed by atoms with Crippen molar-refractivity contribution in [2.24, 2.45) is 5.92 Å². The zero-order chi connectivity index (χ0) is 20.4. The smallest absolute Gasteiger partial charge is 0.253 e. The number of anilines is 1. The average molecular weight is 410 g/mol. The molecule has 3 aliphatic rings. The Labute approximate surface area is 175 Å². The molecule has 5 rings (SSSR count). The van der Waals surface area contributed by atoms with Crippen molar-refractivity contribution in [3.05, 3.63) is 63.7 Å². The van der Waals surface area contributed by atoms with Crippen molar-refractivity contribution in [1.29, 1.82) is 0 Å². The highest BCUT2D eigenvalue weighted by molar-refractivity contribution is 6.30. The summed E-state index contributed by atoms with van der Waals surface area (Å²) in [7, 11) is 0. The van der Waals surface area contributed by atoms with E-state index in [0.717, 1.165) is 47.5 Å². The third-order valence-corrected chi connectivity index (χ3v) is 6.73. The van der Waals surface area contributed by atoms with Gasteiger partial charge in [-0.2, -0.15) is 0 Å². The molecule has 3 heterocycles. The monoisotopic (exact) mass is 409 g/mol. The van der Waals surface area contributed by atoms with Gasteiger partial charge in [-0.15, -0.1) is 0 Å². The maximum absolute atomic E-state index is 13.7. The van der Waals surface area contributed by atoms with Gasteiger partial charge in [0.1, 0.15) is 6.04 Å². The Morgan fingerprint density at radius 3 is 2.07 bits per heavy atom. The van der Waals surface area contributed by atoms with Gasteiger partial charge >= 0.3 is 0 Å². The van der Waals surface area contributed by atoms with Gasteiger partial charge in [0.2, 0.25) is 5.91 Å². The van der Waals surface area contributed by atoms with Crippen LogP contribution >= 0.6 is 11.6 Å². The molecule has 3 aliphatic heterocycles. The number of amides is 2. The molecule has 3 saturated heterocycles. The first-order chi connectivity index (χ1) is 13.9. The summed E-state index contributed by atoms with van der Waals surface area (Å²) in [5.74, 6) is -0.591. The second kappa shape index (κ2) is 6.66. The Morgan fingerprint density at radius 2 is 1.45 bits per heavy atom. The molecule has 0 bridgehead atoms. The molecule has 0 spiro atoms. The summed E-state index contributed by atoms with van der Waals surface area (Å²) in [6, 6.07) is 11.2. The second-order valence-corrected chi connectivity index (χ2v) is 8.84. The van der Waals surface area contributed by atoms with Gasteiger partial charge in [-0.05, 0) is 56.0 Å². The summed E-state index contributed by atoms with van der Waals surface area (Å²) < 4.78 is 0. The first kappa shape index (κ1) is 18.8. The molecular weight excluding hydrogens is 386 g/mol. The Kier molecular flexibility index (Phi) is 4.32. The number of carbonyl (C=O) groups excluding carboxylic acids is 2. The van der Waals surface area contributed by atoms with Crippen molar-refractivity contribution in [1.82, 2.24) is 10.0 Å². The summed E-state index contributed by atoms with van der Waals surface area (Å²) in [5.41, 5.74) is 4.85. The van der Waals surface area contributed by atoms with Crippen LogP contribution in [0.2, 0.25) is 5.02 Å². The van der Waals surface area contributed by atoms with Crippen molar-refractivity contribution in [2.45, 2.75) is 39.3 Å². The fourth-order valence-corrected chi connectivity index (χ4v) is 5.64.